The van der Waals surface area contributed by atoms with Crippen molar-refractivity contribution in [3.8, 4) is 0 Å². The molecule has 0 bridgehead atoms. The highest BCUT2D eigenvalue weighted by Crippen LogP contribution is 2.19. The largest absolute Gasteiger partial charge is 0.305 e. The molecule has 1 N–H and O–H groups in total. The van der Waals surface area contributed by atoms with Gasteiger partial charge in [-0.3, -0.25) is 0 Å². The number of rotatable bonds is 5. The van der Waals surface area contributed by atoms with Gasteiger partial charge in [0.05, 0.1) is 0 Å². The Kier molecular flexibility index (Phi) is 5.39. The molecule has 16 heavy (non-hydrogen) atoms. The molecule has 0 spiro atoms. The highest BCUT2D eigenvalue weighted by atomic mass is 35.5. The van der Waals surface area contributed by atoms with Crippen LogP contribution in [0.4, 0.5) is 0 Å². The molecule has 0 aliphatic rings. The van der Waals surface area contributed by atoms with E-state index >= 15 is 0 Å². The van der Waals surface area contributed by atoms with E-state index in [2.05, 4.69) is 5.32 Å². The first-order valence-corrected chi connectivity index (χ1v) is 6.57. The van der Waals surface area contributed by atoms with Gasteiger partial charge in [0.25, 0.3) is 0 Å². The summed E-state index contributed by atoms with van der Waals surface area (Å²) in [6, 6.07) is 6.02. The molecule has 1 nitrogen and oxygen atoms in total. The molecule has 90 valence electrons. The molecule has 0 aliphatic carbocycles. The first-order valence-electron chi connectivity index (χ1n) is 5.13. The van der Waals surface area contributed by atoms with Gasteiger partial charge in [0.15, 0.2) is 0 Å². The van der Waals surface area contributed by atoms with Gasteiger partial charge in [-0.1, -0.05) is 23.7 Å². The maximum atomic E-state index is 6.14. The Morgan fingerprint density at radius 2 is 1.88 bits per heavy atom. The lowest BCUT2D eigenvalue weighted by atomic mass is 10.1. The second-order valence-electron chi connectivity index (χ2n) is 4.28. The van der Waals surface area contributed by atoms with Gasteiger partial charge in [0, 0.05) is 28.9 Å². The minimum absolute atomic E-state index is 0.253. The average molecular weight is 281 g/mol. The van der Waals surface area contributed by atoms with E-state index in [4.69, 9.17) is 34.8 Å². The van der Waals surface area contributed by atoms with Gasteiger partial charge in [0.1, 0.15) is 0 Å². The number of hydrogen-bond donors (Lipinski definition) is 1. The SMILES string of the molecule is Cc1ccc(CNC(C)(CCl)CCl)c(Cl)c1. The number of hydrogen-bond acceptors (Lipinski definition) is 1. The number of alkyl halides is 2. The summed E-state index contributed by atoms with van der Waals surface area (Å²) >= 11 is 17.9. The zero-order valence-electron chi connectivity index (χ0n) is 9.49. The van der Waals surface area contributed by atoms with E-state index in [9.17, 15) is 0 Å². The molecule has 4 heteroatoms. The Morgan fingerprint density at radius 1 is 1.25 bits per heavy atom. The van der Waals surface area contributed by atoms with E-state index in [-0.39, 0.29) is 5.54 Å². The van der Waals surface area contributed by atoms with Gasteiger partial charge in [-0.15, -0.1) is 23.2 Å². The first-order chi connectivity index (χ1) is 7.50. The predicted molar refractivity (Wildman–Crippen MR) is 72.9 cm³/mol. The Morgan fingerprint density at radius 3 is 2.38 bits per heavy atom. The van der Waals surface area contributed by atoms with Gasteiger partial charge in [-0.25, -0.2) is 0 Å². The monoisotopic (exact) mass is 279 g/mol. The van der Waals surface area contributed by atoms with Crippen molar-refractivity contribution in [3.63, 3.8) is 0 Å². The van der Waals surface area contributed by atoms with Crippen molar-refractivity contribution >= 4 is 34.8 Å². The number of nitrogens with one attached hydrogen (secondary N) is 1. The lowest BCUT2D eigenvalue weighted by Crippen LogP contribution is -2.45. The van der Waals surface area contributed by atoms with Crippen LogP contribution in [0, 0.1) is 6.92 Å². The normalized spacial score (nSPS) is 11.8. The van der Waals surface area contributed by atoms with Crippen LogP contribution in [0.15, 0.2) is 18.2 Å². The third-order valence-corrected chi connectivity index (χ3v) is 4.04. The predicted octanol–water partition coefficient (Wildman–Crippen LogP) is 3.97. The Bertz CT molecular complexity index is 348. The first kappa shape index (κ1) is 14.1. The van der Waals surface area contributed by atoms with Crippen molar-refractivity contribution in [2.75, 3.05) is 11.8 Å². The van der Waals surface area contributed by atoms with Gasteiger partial charge in [-0.2, -0.15) is 0 Å². The lowest BCUT2D eigenvalue weighted by molar-refractivity contribution is 0.435. The molecule has 0 unspecified atom stereocenters. The molecular formula is C12H16Cl3N. The van der Waals surface area contributed by atoms with Crippen molar-refractivity contribution in [2.45, 2.75) is 25.9 Å². The number of benzene rings is 1. The van der Waals surface area contributed by atoms with Crippen molar-refractivity contribution in [1.82, 2.24) is 5.32 Å². The van der Waals surface area contributed by atoms with E-state index in [1.807, 2.05) is 32.0 Å². The van der Waals surface area contributed by atoms with Crippen molar-refractivity contribution in [1.29, 1.82) is 0 Å². The van der Waals surface area contributed by atoms with Crippen LogP contribution in [0.5, 0.6) is 0 Å². The summed E-state index contributed by atoms with van der Waals surface area (Å²) in [5.41, 5.74) is 1.97. The van der Waals surface area contributed by atoms with E-state index in [0.29, 0.717) is 18.3 Å². The third kappa shape index (κ3) is 3.81. The molecule has 0 aromatic heterocycles. The summed E-state index contributed by atoms with van der Waals surface area (Å²) in [7, 11) is 0. The zero-order chi connectivity index (χ0) is 12.2. The highest BCUT2D eigenvalue weighted by molar-refractivity contribution is 6.31. The van der Waals surface area contributed by atoms with E-state index in [0.717, 1.165) is 16.1 Å². The fourth-order valence-electron chi connectivity index (χ4n) is 1.23. The summed E-state index contributed by atoms with van der Waals surface area (Å²) in [5.74, 6) is 0.944. The molecule has 0 amide bonds. The van der Waals surface area contributed by atoms with Crippen molar-refractivity contribution in [3.05, 3.63) is 34.3 Å². The quantitative estimate of drug-likeness (QED) is 0.805. The summed E-state index contributed by atoms with van der Waals surface area (Å²) in [6.45, 7) is 4.69. The fourth-order valence-corrected chi connectivity index (χ4v) is 2.01. The second kappa shape index (κ2) is 6.11. The molecule has 1 aromatic carbocycles. The van der Waals surface area contributed by atoms with Crippen molar-refractivity contribution in [2.24, 2.45) is 0 Å². The Balaban J connectivity index is 2.67. The zero-order valence-corrected chi connectivity index (χ0v) is 11.8. The van der Waals surface area contributed by atoms with Crippen LogP contribution in [0.25, 0.3) is 0 Å². The molecule has 0 saturated heterocycles. The van der Waals surface area contributed by atoms with Crippen LogP contribution in [-0.4, -0.2) is 17.3 Å². The molecule has 1 aromatic rings. The van der Waals surface area contributed by atoms with E-state index in [1.54, 1.807) is 0 Å². The summed E-state index contributed by atoms with van der Waals surface area (Å²) in [6.07, 6.45) is 0. The number of aryl methyl sites for hydroxylation is 1. The van der Waals surface area contributed by atoms with Crippen LogP contribution in [0.1, 0.15) is 18.1 Å². The fraction of sp³-hybridized carbons (Fsp3) is 0.500. The minimum Gasteiger partial charge on any atom is -0.305 e. The van der Waals surface area contributed by atoms with Crippen LogP contribution in [-0.2, 0) is 6.54 Å². The second-order valence-corrected chi connectivity index (χ2v) is 5.22. The summed E-state index contributed by atoms with van der Waals surface area (Å²) < 4.78 is 0. The van der Waals surface area contributed by atoms with E-state index in [1.165, 1.54) is 0 Å². The molecule has 1 rings (SSSR count). The van der Waals surface area contributed by atoms with Crippen LogP contribution < -0.4 is 5.32 Å². The Hall–Kier alpha value is 0.0500. The van der Waals surface area contributed by atoms with Crippen LogP contribution in [0.3, 0.4) is 0 Å². The molecule has 0 saturated carbocycles. The minimum atomic E-state index is -0.253. The summed E-state index contributed by atoms with van der Waals surface area (Å²) in [5, 5.41) is 4.10. The molecule has 0 atom stereocenters. The van der Waals surface area contributed by atoms with E-state index < -0.39 is 0 Å². The molecule has 0 aliphatic heterocycles. The van der Waals surface area contributed by atoms with Crippen LogP contribution in [0.2, 0.25) is 5.02 Å². The molecule has 0 radical (unpaired) electrons. The molecule has 0 fully saturated rings. The standard InChI is InChI=1S/C12H16Cl3N/c1-9-3-4-10(11(15)5-9)6-16-12(2,7-13)8-14/h3-5,16H,6-8H2,1-2H3. The number of halogens is 3. The maximum absolute atomic E-state index is 6.14. The van der Waals surface area contributed by atoms with Crippen LogP contribution >= 0.6 is 34.8 Å². The van der Waals surface area contributed by atoms with Gasteiger partial charge < -0.3 is 5.32 Å². The van der Waals surface area contributed by atoms with Crippen molar-refractivity contribution < 1.29 is 0 Å². The Labute approximate surface area is 112 Å². The topological polar surface area (TPSA) is 12.0 Å². The highest BCUT2D eigenvalue weighted by Gasteiger charge is 2.21. The average Bonchev–Trinajstić information content (AvgIpc) is 2.27. The maximum Gasteiger partial charge on any atom is 0.0453 e. The van der Waals surface area contributed by atoms with Gasteiger partial charge in [-0.05, 0) is 31.0 Å². The van der Waals surface area contributed by atoms with Gasteiger partial charge in [0.2, 0.25) is 0 Å². The molecule has 0 heterocycles. The summed E-state index contributed by atoms with van der Waals surface area (Å²) in [4.78, 5) is 0. The smallest absolute Gasteiger partial charge is 0.0453 e. The van der Waals surface area contributed by atoms with Gasteiger partial charge >= 0.3 is 0 Å². The lowest BCUT2D eigenvalue weighted by Gasteiger charge is -2.26. The molecular weight excluding hydrogens is 264 g/mol. The third-order valence-electron chi connectivity index (χ3n) is 2.50.